The summed E-state index contributed by atoms with van der Waals surface area (Å²) in [6.45, 7) is 4.79. The Morgan fingerprint density at radius 3 is 2.57 bits per heavy atom. The van der Waals surface area contributed by atoms with Crippen molar-refractivity contribution in [3.63, 3.8) is 0 Å². The molecule has 21 heavy (non-hydrogen) atoms. The number of halogens is 2. The van der Waals surface area contributed by atoms with E-state index in [0.717, 1.165) is 17.7 Å². The molecular formula is C17H19ClFNO. The molecule has 4 heteroatoms. The Bertz CT molecular complexity index is 586. The molecule has 0 fully saturated rings. The molecule has 2 aromatic carbocycles. The lowest BCUT2D eigenvalue weighted by molar-refractivity contribution is 0.317. The lowest BCUT2D eigenvalue weighted by atomic mass is 10.1. The van der Waals surface area contributed by atoms with Crippen LogP contribution in [0.1, 0.15) is 31.9 Å². The van der Waals surface area contributed by atoms with Crippen LogP contribution in [0.25, 0.3) is 0 Å². The summed E-state index contributed by atoms with van der Waals surface area (Å²) in [7, 11) is 0. The van der Waals surface area contributed by atoms with Gasteiger partial charge in [-0.15, -0.1) is 0 Å². The van der Waals surface area contributed by atoms with Crippen molar-refractivity contribution in [1.82, 2.24) is 0 Å². The smallest absolute Gasteiger partial charge is 0.125 e. The second-order valence-electron chi connectivity index (χ2n) is 4.91. The molecule has 0 saturated carbocycles. The Hall–Kier alpha value is -1.74. The molecule has 0 spiro atoms. The molecule has 0 bridgehead atoms. The second-order valence-corrected chi connectivity index (χ2v) is 5.31. The van der Waals surface area contributed by atoms with Crippen molar-refractivity contribution in [3.05, 3.63) is 58.9 Å². The Morgan fingerprint density at radius 1 is 1.19 bits per heavy atom. The van der Waals surface area contributed by atoms with Gasteiger partial charge in [0.2, 0.25) is 0 Å². The summed E-state index contributed by atoms with van der Waals surface area (Å²) in [5, 5.41) is 3.72. The first-order chi connectivity index (χ1) is 10.1. The molecule has 0 aliphatic rings. The average Bonchev–Trinajstić information content (AvgIpc) is 2.49. The van der Waals surface area contributed by atoms with E-state index in [0.29, 0.717) is 17.3 Å². The van der Waals surface area contributed by atoms with E-state index >= 15 is 0 Å². The van der Waals surface area contributed by atoms with Crippen molar-refractivity contribution < 1.29 is 9.13 Å². The third kappa shape index (κ3) is 4.36. The highest BCUT2D eigenvalue weighted by molar-refractivity contribution is 6.33. The van der Waals surface area contributed by atoms with Gasteiger partial charge >= 0.3 is 0 Å². The predicted molar refractivity (Wildman–Crippen MR) is 85.7 cm³/mol. The van der Waals surface area contributed by atoms with Gasteiger partial charge in [-0.05, 0) is 49.2 Å². The molecule has 0 aliphatic heterocycles. The number of hydrogen-bond acceptors (Lipinski definition) is 2. The van der Waals surface area contributed by atoms with Gasteiger partial charge < -0.3 is 10.1 Å². The fraction of sp³-hybridized carbons (Fsp3) is 0.294. The fourth-order valence-corrected chi connectivity index (χ4v) is 2.17. The molecule has 2 rings (SSSR count). The summed E-state index contributed by atoms with van der Waals surface area (Å²) >= 11 is 6.06. The highest BCUT2D eigenvalue weighted by Crippen LogP contribution is 2.27. The molecule has 0 aliphatic carbocycles. The van der Waals surface area contributed by atoms with E-state index in [-0.39, 0.29) is 11.9 Å². The fourth-order valence-electron chi connectivity index (χ4n) is 2.00. The standard InChI is InChI=1S/C17H19ClFNO/c1-3-10-21-15-7-4-13(5-8-15)12(2)20-17-11-14(19)6-9-16(17)18/h4-9,11-12,20H,3,10H2,1-2H3. The van der Waals surface area contributed by atoms with E-state index in [1.807, 2.05) is 31.2 Å². The van der Waals surface area contributed by atoms with E-state index in [2.05, 4.69) is 12.2 Å². The van der Waals surface area contributed by atoms with Crippen LogP contribution in [0.4, 0.5) is 10.1 Å². The van der Waals surface area contributed by atoms with Gasteiger partial charge in [0.15, 0.2) is 0 Å². The Morgan fingerprint density at radius 2 is 1.90 bits per heavy atom. The van der Waals surface area contributed by atoms with Crippen molar-refractivity contribution in [2.24, 2.45) is 0 Å². The second kappa shape index (κ2) is 7.32. The quantitative estimate of drug-likeness (QED) is 0.767. The molecule has 2 aromatic rings. The average molecular weight is 308 g/mol. The number of benzene rings is 2. The number of rotatable bonds is 6. The van der Waals surface area contributed by atoms with Crippen LogP contribution in [-0.4, -0.2) is 6.61 Å². The van der Waals surface area contributed by atoms with E-state index < -0.39 is 0 Å². The van der Waals surface area contributed by atoms with Gasteiger partial charge in [-0.2, -0.15) is 0 Å². The molecule has 0 amide bonds. The minimum atomic E-state index is -0.308. The number of nitrogens with one attached hydrogen (secondary N) is 1. The molecular weight excluding hydrogens is 289 g/mol. The first-order valence-corrected chi connectivity index (χ1v) is 7.42. The highest BCUT2D eigenvalue weighted by atomic mass is 35.5. The van der Waals surface area contributed by atoms with Crippen LogP contribution in [0, 0.1) is 5.82 Å². The summed E-state index contributed by atoms with van der Waals surface area (Å²) in [5.41, 5.74) is 1.68. The zero-order valence-corrected chi connectivity index (χ0v) is 13.0. The zero-order valence-electron chi connectivity index (χ0n) is 12.2. The molecule has 112 valence electrons. The molecule has 1 atom stereocenters. The van der Waals surface area contributed by atoms with Crippen LogP contribution < -0.4 is 10.1 Å². The Kier molecular flexibility index (Phi) is 5.45. The predicted octanol–water partition coefficient (Wildman–Crippen LogP) is 5.44. The first-order valence-electron chi connectivity index (χ1n) is 7.04. The molecule has 0 aromatic heterocycles. The van der Waals surface area contributed by atoms with Crippen LogP contribution in [-0.2, 0) is 0 Å². The summed E-state index contributed by atoms with van der Waals surface area (Å²) < 4.78 is 18.8. The van der Waals surface area contributed by atoms with Crippen LogP contribution in [0.2, 0.25) is 5.02 Å². The molecule has 0 radical (unpaired) electrons. The van der Waals surface area contributed by atoms with Crippen molar-refractivity contribution in [1.29, 1.82) is 0 Å². The molecule has 0 heterocycles. The van der Waals surface area contributed by atoms with Crippen LogP contribution in [0.5, 0.6) is 5.75 Å². The highest BCUT2D eigenvalue weighted by Gasteiger charge is 2.09. The van der Waals surface area contributed by atoms with Crippen LogP contribution >= 0.6 is 11.6 Å². The minimum Gasteiger partial charge on any atom is -0.494 e. The van der Waals surface area contributed by atoms with Gasteiger partial charge in [0.05, 0.1) is 17.3 Å². The monoisotopic (exact) mass is 307 g/mol. The van der Waals surface area contributed by atoms with Gasteiger partial charge in [0.25, 0.3) is 0 Å². The lowest BCUT2D eigenvalue weighted by Crippen LogP contribution is -2.07. The summed E-state index contributed by atoms with van der Waals surface area (Å²) in [5.74, 6) is 0.550. The third-order valence-corrected chi connectivity index (χ3v) is 3.48. The number of ether oxygens (including phenoxy) is 1. The topological polar surface area (TPSA) is 21.3 Å². The maximum Gasteiger partial charge on any atom is 0.125 e. The van der Waals surface area contributed by atoms with Crippen molar-refractivity contribution in [2.45, 2.75) is 26.3 Å². The maximum atomic E-state index is 13.3. The Labute approximate surface area is 129 Å². The van der Waals surface area contributed by atoms with Crippen LogP contribution in [0.3, 0.4) is 0 Å². The molecule has 2 nitrogen and oxygen atoms in total. The van der Waals surface area contributed by atoms with Gasteiger partial charge in [-0.25, -0.2) is 4.39 Å². The van der Waals surface area contributed by atoms with Crippen molar-refractivity contribution in [3.8, 4) is 5.75 Å². The van der Waals surface area contributed by atoms with Crippen molar-refractivity contribution >= 4 is 17.3 Å². The molecule has 1 N–H and O–H groups in total. The first kappa shape index (κ1) is 15.6. The number of hydrogen-bond donors (Lipinski definition) is 1. The van der Waals surface area contributed by atoms with E-state index in [4.69, 9.17) is 16.3 Å². The lowest BCUT2D eigenvalue weighted by Gasteiger charge is -2.17. The van der Waals surface area contributed by atoms with E-state index in [1.165, 1.54) is 12.1 Å². The zero-order chi connectivity index (χ0) is 15.2. The van der Waals surface area contributed by atoms with Gasteiger partial charge in [-0.1, -0.05) is 30.7 Å². The summed E-state index contributed by atoms with van der Waals surface area (Å²) in [4.78, 5) is 0. The SMILES string of the molecule is CCCOc1ccc(C(C)Nc2cc(F)ccc2Cl)cc1. The summed E-state index contributed by atoms with van der Waals surface area (Å²) in [6.07, 6.45) is 0.984. The normalized spacial score (nSPS) is 12.0. The molecule has 1 unspecified atom stereocenters. The summed E-state index contributed by atoms with van der Waals surface area (Å²) in [6, 6.07) is 12.2. The van der Waals surface area contributed by atoms with E-state index in [1.54, 1.807) is 6.07 Å². The third-order valence-electron chi connectivity index (χ3n) is 3.15. The number of anilines is 1. The minimum absolute atomic E-state index is 0.0181. The van der Waals surface area contributed by atoms with E-state index in [9.17, 15) is 4.39 Å². The maximum absolute atomic E-state index is 13.3. The molecule has 0 saturated heterocycles. The Balaban J connectivity index is 2.05. The van der Waals surface area contributed by atoms with Gasteiger partial charge in [-0.3, -0.25) is 0 Å². The van der Waals surface area contributed by atoms with Gasteiger partial charge in [0.1, 0.15) is 11.6 Å². The van der Waals surface area contributed by atoms with Gasteiger partial charge in [0, 0.05) is 6.04 Å². The van der Waals surface area contributed by atoms with Crippen molar-refractivity contribution in [2.75, 3.05) is 11.9 Å². The van der Waals surface area contributed by atoms with Crippen LogP contribution in [0.15, 0.2) is 42.5 Å². The largest absolute Gasteiger partial charge is 0.494 e.